The predicted molar refractivity (Wildman–Crippen MR) is 264 cm³/mol. The van der Waals surface area contributed by atoms with Crippen LogP contribution < -0.4 is 14.7 Å². The number of H-pyrrole nitrogens is 3. The molecule has 0 unspecified atom stereocenters. The number of anilines is 3. The summed E-state index contributed by atoms with van der Waals surface area (Å²) in [6.07, 6.45) is 5.78. The summed E-state index contributed by atoms with van der Waals surface area (Å²) in [5.74, 6) is -2.09. The van der Waals surface area contributed by atoms with Crippen molar-refractivity contribution in [1.29, 1.82) is 0 Å². The topological polar surface area (TPSA) is 208 Å². The third-order valence-corrected chi connectivity index (χ3v) is 12.8. The number of hydrogen-bond donors (Lipinski definition) is 3. The monoisotopic (exact) mass is 946 g/mol. The first-order valence-corrected chi connectivity index (χ1v) is 22.3. The number of piperidine rings is 3. The van der Waals surface area contributed by atoms with E-state index in [-0.39, 0.29) is 88.4 Å². The number of aromatic nitrogens is 9. The highest BCUT2D eigenvalue weighted by Crippen LogP contribution is 2.31. The van der Waals surface area contributed by atoms with Gasteiger partial charge >= 0.3 is 17.7 Å². The van der Waals surface area contributed by atoms with E-state index in [9.17, 15) is 14.4 Å². The number of fused-ring (bicyclic) bond motifs is 3. The first kappa shape index (κ1) is 38.1. The lowest BCUT2D eigenvalue weighted by atomic mass is 9.92. The highest BCUT2D eigenvalue weighted by atomic mass is 16.2. The maximum atomic E-state index is 12.2. The van der Waals surface area contributed by atoms with Crippen LogP contribution in [0.2, 0.25) is 0 Å². The maximum Gasteiger partial charge on any atom is 0.302 e. The Hall–Kier alpha value is -7.86. The summed E-state index contributed by atoms with van der Waals surface area (Å²) >= 11 is 0. The molecule has 3 amide bonds. The first-order chi connectivity index (χ1) is 36.8. The number of likely N-dealkylation sites (N-methyl/N-ethyl adjacent to an activating group) is 3. The van der Waals surface area contributed by atoms with Gasteiger partial charge in [-0.25, -0.2) is 49.6 Å². The van der Waals surface area contributed by atoms with Crippen molar-refractivity contribution in [2.75, 3.05) is 94.7 Å². The van der Waals surface area contributed by atoms with Crippen LogP contribution in [0.25, 0.3) is 47.6 Å². The third kappa shape index (κ3) is 11.0. The highest BCUT2D eigenvalue weighted by Gasteiger charge is 2.36. The lowest BCUT2D eigenvalue weighted by Crippen LogP contribution is -2.53. The van der Waals surface area contributed by atoms with Crippen LogP contribution in [0.5, 0.6) is 0 Å². The summed E-state index contributed by atoms with van der Waals surface area (Å²) in [5.41, 5.74) is 1.56. The van der Waals surface area contributed by atoms with Crippen LogP contribution in [0.4, 0.5) is 17.5 Å². The van der Waals surface area contributed by atoms with Crippen molar-refractivity contribution in [1.82, 2.24) is 59.6 Å². The number of hydrogen-bond acceptors (Lipinski definition) is 12. The SMILES string of the molecule is [2H]c1nc(N(C)[C@@]2([2H])CN(C(=O)C[N+]#[C-])CC[C@H]2C)c2cc[nH]c2n1.[2H]c1nc(N(C)[C@H]2CN(C(=O)C[N+]#[C-])CC[C@@]2([2H])C([2H])([2H])[2H])c2cc[nH]c2n1.[2H]c1nc(N(C)[C@H]2CN(C(=O)C[N+]#[C-])CC[C@@]2([2H])C)c2cc[nH]c2n1. The van der Waals surface area contributed by atoms with Crippen molar-refractivity contribution >= 4 is 68.3 Å². The van der Waals surface area contributed by atoms with E-state index in [1.807, 2.05) is 37.9 Å². The summed E-state index contributed by atoms with van der Waals surface area (Å²) in [4.78, 5) is 89.2. The molecule has 0 bridgehead atoms. The van der Waals surface area contributed by atoms with Gasteiger partial charge in [-0.1, -0.05) is 20.7 Å². The van der Waals surface area contributed by atoms with Crippen molar-refractivity contribution in [3.63, 3.8) is 0 Å². The molecule has 0 aliphatic carbocycles. The second-order valence-corrected chi connectivity index (χ2v) is 17.0. The quantitative estimate of drug-likeness (QED) is 0.169. The van der Waals surface area contributed by atoms with E-state index in [1.54, 1.807) is 58.4 Å². The molecule has 3 fully saturated rings. The van der Waals surface area contributed by atoms with E-state index in [4.69, 9.17) is 32.1 Å². The Morgan fingerprint density at radius 2 is 1.00 bits per heavy atom. The standard InChI is InChI=1S/3C16H20N6O/c3*1-11-5-7-22(14(23)8-17-2)9-13(11)21(3)16-12-4-6-18-15(12)19-10-20-16/h3*4,6,10-11,13H,5,7-9H2,1,3H3,(H,18,19,20)/t3*11-,13+/m111/s1/i1D3,10D,11D;10D,13D;10D,11D. The number of aromatic amines is 3. The Labute approximate surface area is 414 Å². The molecule has 3 saturated heterocycles. The van der Waals surface area contributed by atoms with Crippen LogP contribution in [0.3, 0.4) is 0 Å². The molecular weight excluding hydrogens is 877 g/mol. The van der Waals surface area contributed by atoms with Gasteiger partial charge in [0, 0.05) is 85.9 Å². The number of carbonyl (C=O) groups excluding carboxylic acids is 3. The minimum Gasteiger partial charge on any atom is -0.354 e. The average molecular weight is 946 g/mol. The molecule has 0 aromatic carbocycles. The molecular formula is C48H60N18O3. The van der Waals surface area contributed by atoms with Gasteiger partial charge < -0.3 is 58.9 Å². The highest BCUT2D eigenvalue weighted by molar-refractivity contribution is 5.89. The van der Waals surface area contributed by atoms with E-state index in [0.29, 0.717) is 72.3 Å². The number of amides is 3. The molecule has 9 rings (SSSR count). The van der Waals surface area contributed by atoms with Crippen LogP contribution in [-0.4, -0.2) is 175 Å². The van der Waals surface area contributed by atoms with Crippen LogP contribution >= 0.6 is 0 Å². The van der Waals surface area contributed by atoms with Gasteiger partial charge in [0.1, 0.15) is 57.4 Å². The number of rotatable bonds is 9. The zero-order chi connectivity index (χ0) is 57.1. The maximum absolute atomic E-state index is 12.2. The molecule has 3 aliphatic heterocycles. The molecule has 0 saturated carbocycles. The Morgan fingerprint density at radius 1 is 0.623 bits per heavy atom. The van der Waals surface area contributed by atoms with Crippen LogP contribution in [0.15, 0.2) is 55.7 Å². The molecule has 3 N–H and O–H groups in total. The molecule has 0 spiro atoms. The van der Waals surface area contributed by atoms with E-state index < -0.39 is 36.6 Å². The summed E-state index contributed by atoms with van der Waals surface area (Å²) in [6.45, 7) is 22.9. The van der Waals surface area contributed by atoms with Crippen molar-refractivity contribution in [2.24, 2.45) is 17.7 Å². The summed E-state index contributed by atoms with van der Waals surface area (Å²) in [5, 5.41) is 2.11. The third-order valence-electron chi connectivity index (χ3n) is 12.8. The molecule has 0 radical (unpaired) electrons. The minimum atomic E-state index is -2.59. The van der Waals surface area contributed by atoms with Gasteiger partial charge in [-0.3, -0.25) is 14.4 Å². The Bertz CT molecular complexity index is 3310. The van der Waals surface area contributed by atoms with Crippen molar-refractivity contribution in [3.05, 3.63) is 90.0 Å². The fraction of sp³-hybridized carbons (Fsp3) is 0.500. The molecule has 21 nitrogen and oxygen atoms in total. The summed E-state index contributed by atoms with van der Waals surface area (Å²) in [7, 11) is 5.20. The van der Waals surface area contributed by atoms with E-state index >= 15 is 0 Å². The van der Waals surface area contributed by atoms with Gasteiger partial charge in [0.15, 0.2) is 0 Å². The van der Waals surface area contributed by atoms with Crippen molar-refractivity contribution in [3.8, 4) is 0 Å². The Balaban J connectivity index is 0.000000170. The average Bonchev–Trinajstić information content (AvgIpc) is 4.27. The smallest absolute Gasteiger partial charge is 0.302 e. The zero-order valence-electron chi connectivity index (χ0n) is 48.1. The van der Waals surface area contributed by atoms with Gasteiger partial charge in [0.25, 0.3) is 19.6 Å². The van der Waals surface area contributed by atoms with Gasteiger partial charge in [-0.05, 0) is 55.2 Å². The second-order valence-electron chi connectivity index (χ2n) is 17.0. The molecule has 3 aliphatic rings. The van der Waals surface area contributed by atoms with Crippen molar-refractivity contribution in [2.45, 2.75) is 58.1 Å². The molecule has 6 aromatic rings. The van der Waals surface area contributed by atoms with Gasteiger partial charge in [0.05, 0.1) is 35.6 Å². The van der Waals surface area contributed by atoms with Gasteiger partial charge in [-0.15, -0.1) is 0 Å². The Morgan fingerprint density at radius 3 is 1.42 bits per heavy atom. The van der Waals surface area contributed by atoms with Gasteiger partial charge in [0.2, 0.25) is 0 Å². The van der Waals surface area contributed by atoms with Gasteiger partial charge in [-0.2, -0.15) is 0 Å². The lowest BCUT2D eigenvalue weighted by molar-refractivity contribution is -0.131. The number of nitrogens with zero attached hydrogens (tertiary/aromatic N) is 15. The first-order valence-electron chi connectivity index (χ1n) is 26.8. The van der Waals surface area contributed by atoms with Crippen molar-refractivity contribution < 1.29 is 26.7 Å². The molecule has 6 atom stereocenters. The minimum absolute atomic E-state index is 0.00682. The Kier molecular flexibility index (Phi) is 12.3. The molecule has 360 valence electrons. The normalized spacial score (nSPS) is 26.4. The fourth-order valence-electron chi connectivity index (χ4n) is 8.80. The molecule has 6 aromatic heterocycles. The van der Waals surface area contributed by atoms with E-state index in [2.05, 4.69) is 59.4 Å². The van der Waals surface area contributed by atoms with E-state index in [0.717, 1.165) is 10.8 Å². The molecule has 21 heteroatoms. The van der Waals surface area contributed by atoms with E-state index in [1.165, 1.54) is 4.90 Å². The summed E-state index contributed by atoms with van der Waals surface area (Å²) < 4.78 is 73.7. The summed E-state index contributed by atoms with van der Waals surface area (Å²) in [6, 6.07) is 3.07. The zero-order valence-corrected chi connectivity index (χ0v) is 39.1. The van der Waals surface area contributed by atoms with Crippen LogP contribution in [0, 0.1) is 37.4 Å². The number of likely N-dealkylation sites (tertiary alicyclic amines) is 3. The largest absolute Gasteiger partial charge is 0.354 e. The van der Waals surface area contributed by atoms with Crippen LogP contribution in [-0.2, 0) is 14.4 Å². The predicted octanol–water partition coefficient (Wildman–Crippen LogP) is 4.65. The molecule has 9 heterocycles. The second kappa shape index (κ2) is 22.3. The fourth-order valence-corrected chi connectivity index (χ4v) is 8.80. The number of nitrogens with one attached hydrogen (secondary N) is 3. The number of carbonyl (C=O) groups is 3. The van der Waals surface area contributed by atoms with Crippen LogP contribution in [0.1, 0.15) is 52.3 Å². The lowest BCUT2D eigenvalue weighted by Gasteiger charge is -2.41. The molecule has 69 heavy (non-hydrogen) atoms.